The Morgan fingerprint density at radius 2 is 2.41 bits per heavy atom. The monoisotopic (exact) mass is 249 g/mol. The van der Waals surface area contributed by atoms with Gasteiger partial charge < -0.3 is 10.5 Å². The zero-order valence-corrected chi connectivity index (χ0v) is 10.8. The summed E-state index contributed by atoms with van der Waals surface area (Å²) in [7, 11) is 0. The molecule has 1 aliphatic rings. The summed E-state index contributed by atoms with van der Waals surface area (Å²) in [5.74, 6) is 3.36. The van der Waals surface area contributed by atoms with Crippen molar-refractivity contribution in [3.8, 4) is 5.75 Å². The van der Waals surface area contributed by atoms with Gasteiger partial charge in [0.05, 0.1) is 0 Å². The first kappa shape index (κ1) is 12.5. The van der Waals surface area contributed by atoms with E-state index in [-0.39, 0.29) is 0 Å². The Balaban J connectivity index is 1.97. The van der Waals surface area contributed by atoms with E-state index in [0.717, 1.165) is 17.1 Å². The lowest BCUT2D eigenvalue weighted by Gasteiger charge is -2.22. The van der Waals surface area contributed by atoms with Crippen LogP contribution in [0.25, 0.3) is 6.08 Å². The van der Waals surface area contributed by atoms with Gasteiger partial charge in [-0.25, -0.2) is 0 Å². The lowest BCUT2D eigenvalue weighted by atomic mass is 10.2. The molecule has 0 aliphatic carbocycles. The third kappa shape index (κ3) is 4.10. The zero-order valence-electron chi connectivity index (χ0n) is 9.97. The molecule has 2 N–H and O–H groups in total. The van der Waals surface area contributed by atoms with Crippen LogP contribution in [0.4, 0.5) is 0 Å². The third-order valence-electron chi connectivity index (χ3n) is 2.73. The van der Waals surface area contributed by atoms with Crippen LogP contribution in [-0.2, 0) is 0 Å². The van der Waals surface area contributed by atoms with Crippen molar-refractivity contribution < 1.29 is 4.74 Å². The van der Waals surface area contributed by atoms with E-state index in [1.54, 1.807) is 0 Å². The molecular formula is C14H19NOS. The predicted molar refractivity (Wildman–Crippen MR) is 75.5 cm³/mol. The molecule has 1 fully saturated rings. The number of benzene rings is 1. The van der Waals surface area contributed by atoms with E-state index >= 15 is 0 Å². The molecule has 2 rings (SSSR count). The molecule has 1 atom stereocenters. The quantitative estimate of drug-likeness (QED) is 0.891. The van der Waals surface area contributed by atoms with Crippen molar-refractivity contribution in [2.75, 3.05) is 18.1 Å². The second-order valence-corrected chi connectivity index (χ2v) is 5.32. The second kappa shape index (κ2) is 6.72. The minimum absolute atomic E-state index is 0.377. The average molecular weight is 249 g/mol. The maximum absolute atomic E-state index is 5.99. The van der Waals surface area contributed by atoms with E-state index in [1.165, 1.54) is 18.6 Å². The molecule has 0 amide bonds. The molecule has 17 heavy (non-hydrogen) atoms. The first-order valence-electron chi connectivity index (χ1n) is 6.09. The lowest BCUT2D eigenvalue weighted by molar-refractivity contribution is 0.211. The van der Waals surface area contributed by atoms with Crippen molar-refractivity contribution in [3.63, 3.8) is 0 Å². The topological polar surface area (TPSA) is 35.2 Å². The van der Waals surface area contributed by atoms with Crippen molar-refractivity contribution in [3.05, 3.63) is 35.9 Å². The molecule has 1 heterocycles. The van der Waals surface area contributed by atoms with Crippen molar-refractivity contribution in [2.24, 2.45) is 5.73 Å². The number of hydrogen-bond acceptors (Lipinski definition) is 3. The van der Waals surface area contributed by atoms with Crippen LogP contribution in [0.5, 0.6) is 5.75 Å². The summed E-state index contributed by atoms with van der Waals surface area (Å²) in [6.07, 6.45) is 6.80. The minimum atomic E-state index is 0.377. The average Bonchev–Trinajstić information content (AvgIpc) is 2.38. The number of ether oxygens (including phenoxy) is 1. The smallest absolute Gasteiger partial charge is 0.120 e. The van der Waals surface area contributed by atoms with Crippen molar-refractivity contribution in [2.45, 2.75) is 18.9 Å². The Morgan fingerprint density at radius 1 is 1.47 bits per heavy atom. The molecule has 0 spiro atoms. The number of rotatable bonds is 4. The van der Waals surface area contributed by atoms with Gasteiger partial charge in [0, 0.05) is 12.3 Å². The van der Waals surface area contributed by atoms with Gasteiger partial charge in [0.1, 0.15) is 11.9 Å². The van der Waals surface area contributed by atoms with Gasteiger partial charge in [-0.15, -0.1) is 0 Å². The molecular weight excluding hydrogens is 230 g/mol. The van der Waals surface area contributed by atoms with E-state index < -0.39 is 0 Å². The molecule has 1 saturated heterocycles. The molecule has 0 aromatic heterocycles. The fourth-order valence-electron chi connectivity index (χ4n) is 1.89. The molecule has 1 aromatic carbocycles. The molecule has 0 saturated carbocycles. The Labute approximate surface area is 107 Å². The van der Waals surface area contributed by atoms with E-state index in [4.69, 9.17) is 10.5 Å². The highest BCUT2D eigenvalue weighted by Gasteiger charge is 2.14. The normalized spacial score (nSPS) is 20.6. The summed E-state index contributed by atoms with van der Waals surface area (Å²) in [5, 5.41) is 0. The molecule has 0 bridgehead atoms. The number of hydrogen-bond donors (Lipinski definition) is 1. The highest BCUT2D eigenvalue weighted by molar-refractivity contribution is 7.99. The Bertz CT molecular complexity index is 372. The summed E-state index contributed by atoms with van der Waals surface area (Å²) in [6.45, 7) is 0.574. The van der Waals surface area contributed by atoms with Crippen molar-refractivity contribution in [1.29, 1.82) is 0 Å². The minimum Gasteiger partial charge on any atom is -0.490 e. The maximum Gasteiger partial charge on any atom is 0.120 e. The number of nitrogens with two attached hydrogens (primary N) is 1. The standard InChI is InChI=1S/C14H19NOS/c15-8-2-5-12-4-1-6-13(10-12)16-14-7-3-9-17-11-14/h1-2,4-6,10,14H,3,7-9,11,15H2/b5-2+. The summed E-state index contributed by atoms with van der Waals surface area (Å²) in [5.41, 5.74) is 6.59. The molecule has 3 heteroatoms. The van der Waals surface area contributed by atoms with Gasteiger partial charge >= 0.3 is 0 Å². The van der Waals surface area contributed by atoms with Crippen LogP contribution >= 0.6 is 11.8 Å². The molecule has 1 aromatic rings. The third-order valence-corrected chi connectivity index (χ3v) is 3.91. The predicted octanol–water partition coefficient (Wildman–Crippen LogP) is 2.93. The van der Waals surface area contributed by atoms with E-state index in [9.17, 15) is 0 Å². The number of thioether (sulfide) groups is 1. The van der Waals surface area contributed by atoms with Crippen LogP contribution in [0.1, 0.15) is 18.4 Å². The van der Waals surface area contributed by atoms with E-state index in [0.29, 0.717) is 12.6 Å². The van der Waals surface area contributed by atoms with Crippen LogP contribution in [0.2, 0.25) is 0 Å². The Morgan fingerprint density at radius 3 is 3.18 bits per heavy atom. The fourth-order valence-corrected chi connectivity index (χ4v) is 2.93. The summed E-state index contributed by atoms with van der Waals surface area (Å²) >= 11 is 1.98. The lowest BCUT2D eigenvalue weighted by Crippen LogP contribution is -2.23. The van der Waals surface area contributed by atoms with Gasteiger partial charge in [-0.2, -0.15) is 11.8 Å². The van der Waals surface area contributed by atoms with Gasteiger partial charge in [0.15, 0.2) is 0 Å². The molecule has 92 valence electrons. The van der Waals surface area contributed by atoms with Crippen molar-refractivity contribution >= 4 is 17.8 Å². The van der Waals surface area contributed by atoms with Gasteiger partial charge in [-0.3, -0.25) is 0 Å². The van der Waals surface area contributed by atoms with Crippen LogP contribution in [-0.4, -0.2) is 24.2 Å². The van der Waals surface area contributed by atoms with Crippen LogP contribution in [0.3, 0.4) is 0 Å². The van der Waals surface area contributed by atoms with Crippen molar-refractivity contribution in [1.82, 2.24) is 0 Å². The Hall–Kier alpha value is -0.930. The van der Waals surface area contributed by atoms with Gasteiger partial charge in [0.25, 0.3) is 0 Å². The zero-order chi connectivity index (χ0) is 11.9. The Kier molecular flexibility index (Phi) is 4.95. The molecule has 1 unspecified atom stereocenters. The summed E-state index contributed by atoms with van der Waals surface area (Å²) < 4.78 is 5.99. The first-order valence-corrected chi connectivity index (χ1v) is 7.25. The summed E-state index contributed by atoms with van der Waals surface area (Å²) in [4.78, 5) is 0. The van der Waals surface area contributed by atoms with Gasteiger partial charge in [-0.05, 0) is 36.3 Å². The SMILES string of the molecule is NC/C=C/c1cccc(OC2CCCSC2)c1. The molecule has 1 aliphatic heterocycles. The van der Waals surface area contributed by atoms with Crippen LogP contribution in [0.15, 0.2) is 30.3 Å². The van der Waals surface area contributed by atoms with E-state index in [1.807, 2.05) is 36.0 Å². The highest BCUT2D eigenvalue weighted by atomic mass is 32.2. The van der Waals surface area contributed by atoms with E-state index in [2.05, 4.69) is 12.1 Å². The summed E-state index contributed by atoms with van der Waals surface area (Å²) in [6, 6.07) is 8.20. The molecule has 0 radical (unpaired) electrons. The highest BCUT2D eigenvalue weighted by Crippen LogP contribution is 2.23. The largest absolute Gasteiger partial charge is 0.490 e. The maximum atomic E-state index is 5.99. The second-order valence-electron chi connectivity index (χ2n) is 4.17. The van der Waals surface area contributed by atoms with Gasteiger partial charge in [-0.1, -0.05) is 24.3 Å². The van der Waals surface area contributed by atoms with Crippen LogP contribution in [0, 0.1) is 0 Å². The first-order chi connectivity index (χ1) is 8.38. The molecule has 2 nitrogen and oxygen atoms in total. The van der Waals surface area contributed by atoms with Crippen LogP contribution < -0.4 is 10.5 Å². The van der Waals surface area contributed by atoms with Gasteiger partial charge in [0.2, 0.25) is 0 Å². The fraction of sp³-hybridized carbons (Fsp3) is 0.429.